The zero-order valence-corrected chi connectivity index (χ0v) is 15.1. The summed E-state index contributed by atoms with van der Waals surface area (Å²) in [6.45, 7) is 2.13. The van der Waals surface area contributed by atoms with Gasteiger partial charge in [-0.3, -0.25) is 0 Å². The SMILES string of the molecule is CCCCc1cc(-c2ccc(Oc3ccc(Cl)cc3Cl)c(O)c2)no1. The molecule has 1 N–H and O–H groups in total. The molecule has 130 valence electrons. The van der Waals surface area contributed by atoms with Crippen molar-refractivity contribution >= 4 is 23.2 Å². The summed E-state index contributed by atoms with van der Waals surface area (Å²) >= 11 is 12.0. The van der Waals surface area contributed by atoms with Gasteiger partial charge in [-0.2, -0.15) is 0 Å². The predicted octanol–water partition coefficient (Wildman–Crippen LogP) is 6.49. The maximum Gasteiger partial charge on any atom is 0.169 e. The van der Waals surface area contributed by atoms with Gasteiger partial charge in [-0.15, -0.1) is 0 Å². The molecule has 2 aromatic carbocycles. The maximum absolute atomic E-state index is 10.3. The average Bonchev–Trinajstić information content (AvgIpc) is 3.06. The highest BCUT2D eigenvalue weighted by atomic mass is 35.5. The molecular formula is C19H17Cl2NO3. The lowest BCUT2D eigenvalue weighted by atomic mass is 10.1. The Bertz CT molecular complexity index is 877. The number of benzene rings is 2. The number of rotatable bonds is 6. The molecular weight excluding hydrogens is 361 g/mol. The van der Waals surface area contributed by atoms with Crippen molar-refractivity contribution in [2.24, 2.45) is 0 Å². The van der Waals surface area contributed by atoms with Crippen molar-refractivity contribution < 1.29 is 14.4 Å². The van der Waals surface area contributed by atoms with Crippen LogP contribution in [0.5, 0.6) is 17.2 Å². The summed E-state index contributed by atoms with van der Waals surface area (Å²) in [5.41, 5.74) is 1.43. The number of aromatic nitrogens is 1. The number of aryl methyl sites for hydroxylation is 1. The molecule has 0 aliphatic rings. The number of hydrogen-bond donors (Lipinski definition) is 1. The topological polar surface area (TPSA) is 55.5 Å². The summed E-state index contributed by atoms with van der Waals surface area (Å²) in [6.07, 6.45) is 3.00. The first-order valence-corrected chi connectivity index (χ1v) is 8.74. The third-order valence-electron chi connectivity index (χ3n) is 3.70. The van der Waals surface area contributed by atoms with Crippen molar-refractivity contribution in [2.45, 2.75) is 26.2 Å². The van der Waals surface area contributed by atoms with Gasteiger partial charge in [0, 0.05) is 23.1 Å². The Kier molecular flexibility index (Phi) is 5.51. The Balaban J connectivity index is 1.79. The number of phenols is 1. The lowest BCUT2D eigenvalue weighted by molar-refractivity contribution is 0.382. The first-order valence-electron chi connectivity index (χ1n) is 7.98. The van der Waals surface area contributed by atoms with Crippen LogP contribution in [0.4, 0.5) is 0 Å². The molecule has 0 bridgehead atoms. The van der Waals surface area contributed by atoms with Gasteiger partial charge in [-0.1, -0.05) is 41.7 Å². The highest BCUT2D eigenvalue weighted by Gasteiger charge is 2.12. The number of ether oxygens (including phenoxy) is 1. The van der Waals surface area contributed by atoms with Crippen LogP contribution in [0.2, 0.25) is 10.0 Å². The lowest BCUT2D eigenvalue weighted by Crippen LogP contribution is -1.87. The van der Waals surface area contributed by atoms with Crippen molar-refractivity contribution in [3.05, 3.63) is 58.3 Å². The van der Waals surface area contributed by atoms with Crippen LogP contribution in [0.15, 0.2) is 47.0 Å². The van der Waals surface area contributed by atoms with Crippen LogP contribution < -0.4 is 4.74 Å². The van der Waals surface area contributed by atoms with Crippen molar-refractivity contribution in [1.82, 2.24) is 5.16 Å². The second-order valence-corrected chi connectivity index (χ2v) is 6.48. The standard InChI is InChI=1S/C19H17Cl2NO3/c1-2-3-4-14-11-16(22-25-14)12-5-7-19(17(23)9-12)24-18-8-6-13(20)10-15(18)21/h5-11,23H,2-4H2,1H3. The van der Waals surface area contributed by atoms with Gasteiger partial charge >= 0.3 is 0 Å². The van der Waals surface area contributed by atoms with Gasteiger partial charge < -0.3 is 14.4 Å². The highest BCUT2D eigenvalue weighted by Crippen LogP contribution is 2.37. The quantitative estimate of drug-likeness (QED) is 0.533. The van der Waals surface area contributed by atoms with E-state index in [9.17, 15) is 5.11 Å². The number of phenolic OH excluding ortho intramolecular Hbond substituents is 1. The first kappa shape index (κ1) is 17.6. The molecule has 0 aliphatic carbocycles. The van der Waals surface area contributed by atoms with Crippen LogP contribution in [0.25, 0.3) is 11.3 Å². The molecule has 0 spiro atoms. The Labute approximate surface area is 155 Å². The number of aromatic hydroxyl groups is 1. The van der Waals surface area contributed by atoms with Crippen LogP contribution in [-0.4, -0.2) is 10.3 Å². The molecule has 1 aromatic heterocycles. The Hall–Kier alpha value is -2.17. The van der Waals surface area contributed by atoms with E-state index < -0.39 is 0 Å². The first-order chi connectivity index (χ1) is 12.1. The molecule has 25 heavy (non-hydrogen) atoms. The minimum atomic E-state index is -0.0124. The minimum absolute atomic E-state index is 0.0124. The molecule has 0 saturated carbocycles. The molecule has 0 atom stereocenters. The second-order valence-electron chi connectivity index (χ2n) is 5.64. The van der Waals surface area contributed by atoms with E-state index in [1.807, 2.05) is 6.07 Å². The molecule has 4 nitrogen and oxygen atoms in total. The van der Waals surface area contributed by atoms with Crippen LogP contribution in [0.1, 0.15) is 25.5 Å². The van der Waals surface area contributed by atoms with E-state index >= 15 is 0 Å². The zero-order valence-electron chi connectivity index (χ0n) is 13.6. The molecule has 0 aliphatic heterocycles. The van der Waals surface area contributed by atoms with E-state index in [0.717, 1.165) is 30.6 Å². The van der Waals surface area contributed by atoms with Gasteiger partial charge in [0.05, 0.1) is 5.02 Å². The van der Waals surface area contributed by atoms with E-state index in [2.05, 4.69) is 12.1 Å². The average molecular weight is 378 g/mol. The predicted molar refractivity (Wildman–Crippen MR) is 98.8 cm³/mol. The fraction of sp³-hybridized carbons (Fsp3) is 0.211. The fourth-order valence-corrected chi connectivity index (χ4v) is 2.80. The summed E-state index contributed by atoms with van der Waals surface area (Å²) in [5.74, 6) is 1.53. The normalized spacial score (nSPS) is 10.8. The summed E-state index contributed by atoms with van der Waals surface area (Å²) in [6, 6.07) is 11.8. The molecule has 0 amide bonds. The Morgan fingerprint density at radius 2 is 1.88 bits per heavy atom. The number of hydrogen-bond acceptors (Lipinski definition) is 4. The molecule has 0 fully saturated rings. The molecule has 3 rings (SSSR count). The molecule has 6 heteroatoms. The monoisotopic (exact) mass is 377 g/mol. The van der Waals surface area contributed by atoms with Gasteiger partial charge in [-0.25, -0.2) is 0 Å². The Morgan fingerprint density at radius 3 is 2.60 bits per heavy atom. The van der Waals surface area contributed by atoms with Crippen molar-refractivity contribution in [3.63, 3.8) is 0 Å². The van der Waals surface area contributed by atoms with Crippen LogP contribution in [0.3, 0.4) is 0 Å². The lowest BCUT2D eigenvalue weighted by Gasteiger charge is -2.10. The molecule has 1 heterocycles. The third kappa shape index (κ3) is 4.27. The third-order valence-corrected chi connectivity index (χ3v) is 4.23. The van der Waals surface area contributed by atoms with E-state index in [0.29, 0.717) is 27.2 Å². The van der Waals surface area contributed by atoms with Crippen LogP contribution in [0, 0.1) is 0 Å². The van der Waals surface area contributed by atoms with Gasteiger partial charge in [0.15, 0.2) is 11.5 Å². The summed E-state index contributed by atoms with van der Waals surface area (Å²) < 4.78 is 11.0. The zero-order chi connectivity index (χ0) is 17.8. The smallest absolute Gasteiger partial charge is 0.169 e. The molecule has 3 aromatic rings. The number of unbranched alkanes of at least 4 members (excludes halogenated alkanes) is 1. The van der Waals surface area contributed by atoms with Gasteiger partial charge in [0.25, 0.3) is 0 Å². The van der Waals surface area contributed by atoms with E-state index in [1.165, 1.54) is 0 Å². The van der Waals surface area contributed by atoms with E-state index in [4.69, 9.17) is 32.5 Å². The summed E-state index contributed by atoms with van der Waals surface area (Å²) in [7, 11) is 0. The van der Waals surface area contributed by atoms with Crippen LogP contribution >= 0.6 is 23.2 Å². The molecule has 0 radical (unpaired) electrons. The van der Waals surface area contributed by atoms with Gasteiger partial charge in [-0.05, 0) is 42.8 Å². The van der Waals surface area contributed by atoms with Crippen LogP contribution in [-0.2, 0) is 6.42 Å². The Morgan fingerprint density at radius 1 is 1.08 bits per heavy atom. The van der Waals surface area contributed by atoms with Gasteiger partial charge in [0.1, 0.15) is 17.2 Å². The number of halogens is 2. The molecule has 0 saturated heterocycles. The largest absolute Gasteiger partial charge is 0.504 e. The summed E-state index contributed by atoms with van der Waals surface area (Å²) in [4.78, 5) is 0. The molecule has 0 unspecified atom stereocenters. The fourth-order valence-electron chi connectivity index (χ4n) is 2.36. The summed E-state index contributed by atoms with van der Waals surface area (Å²) in [5, 5.41) is 15.2. The van der Waals surface area contributed by atoms with E-state index in [1.54, 1.807) is 36.4 Å². The van der Waals surface area contributed by atoms with Gasteiger partial charge in [0.2, 0.25) is 0 Å². The highest BCUT2D eigenvalue weighted by molar-refractivity contribution is 6.35. The van der Waals surface area contributed by atoms with Crippen molar-refractivity contribution in [3.8, 4) is 28.5 Å². The number of nitrogens with zero attached hydrogens (tertiary/aromatic N) is 1. The van der Waals surface area contributed by atoms with E-state index in [-0.39, 0.29) is 5.75 Å². The van der Waals surface area contributed by atoms with Crippen molar-refractivity contribution in [1.29, 1.82) is 0 Å². The minimum Gasteiger partial charge on any atom is -0.504 e. The van der Waals surface area contributed by atoms with Crippen molar-refractivity contribution in [2.75, 3.05) is 0 Å². The second kappa shape index (κ2) is 7.81. The maximum atomic E-state index is 10.3.